The van der Waals surface area contributed by atoms with Crippen LogP contribution in [0.2, 0.25) is 0 Å². The second-order valence-electron chi connectivity index (χ2n) is 10.9. The highest BCUT2D eigenvalue weighted by Gasteiger charge is 2.35. The summed E-state index contributed by atoms with van der Waals surface area (Å²) in [5.74, 6) is 0.526. The van der Waals surface area contributed by atoms with Crippen LogP contribution >= 0.6 is 0 Å². The first-order chi connectivity index (χ1) is 19.7. The number of phenols is 1. The number of nitrogens with zero attached hydrogens (tertiary/aromatic N) is 4. The number of aromatic nitrogens is 2. The number of aryl methyl sites for hydroxylation is 1. The first-order valence-corrected chi connectivity index (χ1v) is 14.5. The van der Waals surface area contributed by atoms with Crippen molar-refractivity contribution in [3.05, 3.63) is 58.5 Å². The fraction of sp³-hybridized carbons (Fsp3) is 0.424. The van der Waals surface area contributed by atoms with Crippen LogP contribution in [-0.4, -0.2) is 58.2 Å². The van der Waals surface area contributed by atoms with E-state index >= 15 is 4.39 Å². The predicted octanol–water partition coefficient (Wildman–Crippen LogP) is 6.59. The Hall–Kier alpha value is -3.78. The monoisotopic (exact) mass is 558 g/mol. The van der Waals surface area contributed by atoms with Crippen molar-refractivity contribution in [3.63, 3.8) is 0 Å². The predicted molar refractivity (Wildman–Crippen MR) is 164 cm³/mol. The second-order valence-corrected chi connectivity index (χ2v) is 10.9. The number of benzene rings is 2. The number of ether oxygens (including phenoxy) is 1. The van der Waals surface area contributed by atoms with E-state index in [4.69, 9.17) is 19.7 Å². The standard InChI is InChI=1S/C33H39FN4O3/c1-7-18(4)35-31-24(9-3)29-30(36-33(41-6)37-32(29)38-14-10-11-21(39)17-38)19(5)27(31)25-16-22(40)15-20-12-13-26(34)23(8-2)28(20)25/h9,12-13,15-16,18,21,39-40H,7-8,10-11,14,17H2,1-6H3/b24-9-,35-31?. The molecule has 0 bridgehead atoms. The number of aliphatic hydroxyl groups excluding tert-OH is 1. The largest absolute Gasteiger partial charge is 0.508 e. The van der Waals surface area contributed by atoms with Gasteiger partial charge in [0, 0.05) is 30.3 Å². The van der Waals surface area contributed by atoms with Gasteiger partial charge in [0.15, 0.2) is 0 Å². The highest BCUT2D eigenvalue weighted by atomic mass is 19.1. The minimum Gasteiger partial charge on any atom is -0.508 e. The number of aliphatic imine (C=N–C) groups is 1. The van der Waals surface area contributed by atoms with Gasteiger partial charge in [-0.3, -0.25) is 4.99 Å². The van der Waals surface area contributed by atoms with Gasteiger partial charge in [-0.1, -0.05) is 26.0 Å². The lowest BCUT2D eigenvalue weighted by Gasteiger charge is -2.35. The highest BCUT2D eigenvalue weighted by Crippen LogP contribution is 2.47. The minimum absolute atomic E-state index is 0.00896. The van der Waals surface area contributed by atoms with Gasteiger partial charge in [0.25, 0.3) is 0 Å². The molecule has 1 aromatic heterocycles. The number of allylic oxidation sites excluding steroid dienone is 4. The number of hydrogen-bond donors (Lipinski definition) is 2. The molecule has 2 N–H and O–H groups in total. The van der Waals surface area contributed by atoms with Crippen LogP contribution in [0.4, 0.5) is 10.2 Å². The third-order valence-electron chi connectivity index (χ3n) is 8.24. The number of halogens is 1. The maximum absolute atomic E-state index is 15.2. The van der Waals surface area contributed by atoms with Crippen LogP contribution in [-0.2, 0) is 6.42 Å². The molecule has 0 saturated carbocycles. The van der Waals surface area contributed by atoms with Gasteiger partial charge in [0.1, 0.15) is 17.4 Å². The van der Waals surface area contributed by atoms with Crippen molar-refractivity contribution < 1.29 is 19.3 Å². The van der Waals surface area contributed by atoms with Crippen LogP contribution < -0.4 is 9.64 Å². The van der Waals surface area contributed by atoms with Crippen molar-refractivity contribution in [1.29, 1.82) is 0 Å². The molecular formula is C33H39FN4O3. The van der Waals surface area contributed by atoms with Crippen molar-refractivity contribution in [2.45, 2.75) is 72.4 Å². The van der Waals surface area contributed by atoms with E-state index in [1.807, 2.05) is 26.8 Å². The molecule has 1 fully saturated rings. The molecule has 0 amide bonds. The van der Waals surface area contributed by atoms with E-state index in [0.29, 0.717) is 35.6 Å². The van der Waals surface area contributed by atoms with Gasteiger partial charge in [0.2, 0.25) is 0 Å². The Morgan fingerprint density at radius 3 is 2.68 bits per heavy atom. The van der Waals surface area contributed by atoms with Crippen LogP contribution in [0.15, 0.2) is 35.3 Å². The number of aliphatic hydroxyl groups is 1. The van der Waals surface area contributed by atoms with E-state index in [1.54, 1.807) is 25.3 Å². The average molecular weight is 559 g/mol. The molecule has 1 aliphatic carbocycles. The SMILES string of the molecule is C/C=C1\C(=NC(C)CC)C(c2cc(O)cc3ccc(F)c(CC)c23)=C(C)c2nc(OC)nc(N3CCCC(O)C3)c21. The normalized spacial score (nSPS) is 20.2. The number of rotatable bonds is 6. The molecule has 2 atom stereocenters. The Kier molecular flexibility index (Phi) is 8.13. The van der Waals surface area contributed by atoms with Crippen molar-refractivity contribution in [2.24, 2.45) is 4.99 Å². The number of anilines is 1. The Morgan fingerprint density at radius 1 is 1.24 bits per heavy atom. The molecule has 216 valence electrons. The molecule has 2 aromatic carbocycles. The highest BCUT2D eigenvalue weighted by molar-refractivity contribution is 6.51. The van der Waals surface area contributed by atoms with Crippen LogP contribution in [0.5, 0.6) is 11.8 Å². The summed E-state index contributed by atoms with van der Waals surface area (Å²) in [5, 5.41) is 22.9. The summed E-state index contributed by atoms with van der Waals surface area (Å²) in [6, 6.07) is 6.81. The fourth-order valence-electron chi connectivity index (χ4n) is 6.06. The number of methoxy groups -OCH3 is 1. The van der Waals surface area contributed by atoms with E-state index < -0.39 is 6.10 Å². The molecule has 5 rings (SSSR count). The Bertz CT molecular complexity index is 1590. The zero-order chi connectivity index (χ0) is 29.4. The van der Waals surface area contributed by atoms with Crippen molar-refractivity contribution in [1.82, 2.24) is 9.97 Å². The molecule has 2 heterocycles. The maximum Gasteiger partial charge on any atom is 0.318 e. The van der Waals surface area contributed by atoms with Crippen LogP contribution in [0.1, 0.15) is 76.3 Å². The minimum atomic E-state index is -0.445. The summed E-state index contributed by atoms with van der Waals surface area (Å²) in [5.41, 5.74) is 6.12. The van der Waals surface area contributed by atoms with Gasteiger partial charge < -0.3 is 19.8 Å². The van der Waals surface area contributed by atoms with Crippen LogP contribution in [0.3, 0.4) is 0 Å². The molecule has 41 heavy (non-hydrogen) atoms. The lowest BCUT2D eigenvalue weighted by molar-refractivity contribution is 0.153. The number of β-amino-alcohol motifs (C(OH)–C–C–N with tert-alkyl or cyclic N) is 1. The zero-order valence-corrected chi connectivity index (χ0v) is 24.8. The molecule has 0 spiro atoms. The van der Waals surface area contributed by atoms with Gasteiger partial charge in [0.05, 0.1) is 30.2 Å². The summed E-state index contributed by atoms with van der Waals surface area (Å²) in [6.45, 7) is 11.3. The lowest BCUT2D eigenvalue weighted by atomic mass is 9.78. The van der Waals surface area contributed by atoms with E-state index in [9.17, 15) is 10.2 Å². The third-order valence-corrected chi connectivity index (χ3v) is 8.24. The van der Waals surface area contributed by atoms with Crippen LogP contribution in [0, 0.1) is 5.82 Å². The molecule has 7 nitrogen and oxygen atoms in total. The smallest absolute Gasteiger partial charge is 0.318 e. The Morgan fingerprint density at radius 2 is 2.02 bits per heavy atom. The molecule has 2 aliphatic rings. The summed E-state index contributed by atoms with van der Waals surface area (Å²) in [7, 11) is 1.55. The number of hydrogen-bond acceptors (Lipinski definition) is 7. The molecule has 0 radical (unpaired) electrons. The van der Waals surface area contributed by atoms with Gasteiger partial charge in [-0.2, -0.15) is 9.97 Å². The van der Waals surface area contributed by atoms with Crippen LogP contribution in [0.25, 0.3) is 27.5 Å². The zero-order valence-electron chi connectivity index (χ0n) is 24.8. The Labute approximate surface area is 241 Å². The average Bonchev–Trinajstić information content (AvgIpc) is 2.96. The topological polar surface area (TPSA) is 91.1 Å². The van der Waals surface area contributed by atoms with Gasteiger partial charge in [-0.25, -0.2) is 4.39 Å². The van der Waals surface area contributed by atoms with Gasteiger partial charge >= 0.3 is 6.01 Å². The summed E-state index contributed by atoms with van der Waals surface area (Å²) >= 11 is 0. The van der Waals surface area contributed by atoms with E-state index in [2.05, 4.69) is 18.7 Å². The van der Waals surface area contributed by atoms with Gasteiger partial charge in [-0.15, -0.1) is 0 Å². The second kappa shape index (κ2) is 11.6. The molecule has 2 unspecified atom stereocenters. The first-order valence-electron chi connectivity index (χ1n) is 14.5. The van der Waals surface area contributed by atoms with E-state index in [1.165, 1.54) is 6.07 Å². The van der Waals surface area contributed by atoms with E-state index in [-0.39, 0.29) is 23.6 Å². The van der Waals surface area contributed by atoms with Gasteiger partial charge in [-0.05, 0) is 92.1 Å². The molecule has 1 saturated heterocycles. The molecule has 1 aliphatic heterocycles. The maximum atomic E-state index is 15.2. The number of phenolic OH excluding ortho intramolecular Hbond substituents is 1. The molecule has 3 aromatic rings. The fourth-order valence-corrected chi connectivity index (χ4v) is 6.06. The first kappa shape index (κ1) is 28.7. The molecule has 8 heteroatoms. The lowest BCUT2D eigenvalue weighted by Crippen LogP contribution is -2.39. The number of aromatic hydroxyl groups is 1. The van der Waals surface area contributed by atoms with Crippen molar-refractivity contribution in [2.75, 3.05) is 25.1 Å². The number of fused-ring (bicyclic) bond motifs is 2. The molecular weight excluding hydrogens is 519 g/mol. The van der Waals surface area contributed by atoms with E-state index in [0.717, 1.165) is 64.6 Å². The van der Waals surface area contributed by atoms with Crippen molar-refractivity contribution >= 4 is 39.0 Å². The summed E-state index contributed by atoms with van der Waals surface area (Å²) in [4.78, 5) is 17.0. The summed E-state index contributed by atoms with van der Waals surface area (Å²) < 4.78 is 20.8. The Balaban J connectivity index is 1.92. The summed E-state index contributed by atoms with van der Waals surface area (Å²) in [6.07, 6.45) is 4.51. The van der Waals surface area contributed by atoms with Crippen molar-refractivity contribution in [3.8, 4) is 11.8 Å². The number of piperidine rings is 1. The quantitative estimate of drug-likeness (QED) is 0.355. The third kappa shape index (κ3) is 5.10.